The number of nitrogen functional groups attached to an aromatic ring is 1. The van der Waals surface area contributed by atoms with E-state index in [9.17, 15) is 9.36 Å². The van der Waals surface area contributed by atoms with Gasteiger partial charge in [0, 0.05) is 6.08 Å². The fourth-order valence-corrected chi connectivity index (χ4v) is 6.20. The predicted octanol–water partition coefficient (Wildman–Crippen LogP) is 4.52. The number of aromatic nitrogens is 4. The summed E-state index contributed by atoms with van der Waals surface area (Å²) in [7, 11) is -3.98. The minimum atomic E-state index is -3.98. The molecule has 0 radical (unpaired) electrons. The first-order chi connectivity index (χ1) is 20.9. The summed E-state index contributed by atoms with van der Waals surface area (Å²) in [5.41, 5.74) is 7.25. The molecule has 14 heteroatoms. The van der Waals surface area contributed by atoms with Crippen LogP contribution in [0.2, 0.25) is 0 Å². The standard InChI is InChI=1S/C29H30FN6O6P/c30-22-14-24(41-28(22)36-17-34-25-26(31)32-16-33-27(25)36)40-18-43(38,42-21-9-5-2-6-10-21)35-23(13-19-7-3-1-4-8-19)29(37)39-15-20-11-12-20/h1-10,14,16-17,20,23-24,28H,11-13,15,18H2,(H,35,38)(H2,31,32,33)/t23-,24-,28+,43?/m0/s1. The molecule has 12 nitrogen and oxygen atoms in total. The van der Waals surface area contributed by atoms with Crippen LogP contribution in [0.25, 0.3) is 11.2 Å². The van der Waals surface area contributed by atoms with E-state index >= 15 is 4.39 Å². The SMILES string of the molecule is Nc1ncnc2c1ncn2[C@@H]1O[C@H](OCP(=O)(N[C@@H](Cc2ccccc2)C(=O)OCC2CC2)Oc2ccccc2)C=C1F. The molecule has 3 N–H and O–H groups in total. The van der Waals surface area contributed by atoms with Gasteiger partial charge in [0.05, 0.1) is 12.9 Å². The van der Waals surface area contributed by atoms with Crippen molar-refractivity contribution in [2.45, 2.75) is 37.8 Å². The molecular weight excluding hydrogens is 578 g/mol. The number of para-hydroxylation sites is 1. The quantitative estimate of drug-likeness (QED) is 0.163. The first-order valence-electron chi connectivity index (χ1n) is 13.8. The Morgan fingerprint density at radius 3 is 2.60 bits per heavy atom. The second-order valence-corrected chi connectivity index (χ2v) is 12.4. The van der Waals surface area contributed by atoms with Crippen molar-refractivity contribution in [2.75, 3.05) is 18.7 Å². The number of nitrogens with zero attached hydrogens (tertiary/aromatic N) is 4. The van der Waals surface area contributed by atoms with Crippen LogP contribution >= 0.6 is 7.52 Å². The zero-order chi connectivity index (χ0) is 29.8. The summed E-state index contributed by atoms with van der Waals surface area (Å²) in [5.74, 6) is -0.435. The molecule has 3 heterocycles. The summed E-state index contributed by atoms with van der Waals surface area (Å²) in [6.45, 7) is 0.299. The summed E-state index contributed by atoms with van der Waals surface area (Å²) in [4.78, 5) is 25.4. The number of nitrogens with two attached hydrogens (primary N) is 1. The number of benzene rings is 2. The lowest BCUT2D eigenvalue weighted by Gasteiger charge is -2.26. The van der Waals surface area contributed by atoms with E-state index in [-0.39, 0.29) is 17.9 Å². The van der Waals surface area contributed by atoms with Crippen molar-refractivity contribution in [3.05, 3.63) is 90.8 Å². The van der Waals surface area contributed by atoms with Gasteiger partial charge in [-0.3, -0.25) is 13.9 Å². The van der Waals surface area contributed by atoms with Crippen molar-refractivity contribution in [3.63, 3.8) is 0 Å². The fourth-order valence-electron chi connectivity index (χ4n) is 4.54. The monoisotopic (exact) mass is 608 g/mol. The number of hydrogen-bond donors (Lipinski definition) is 2. The van der Waals surface area contributed by atoms with Crippen LogP contribution < -0.4 is 15.3 Å². The lowest BCUT2D eigenvalue weighted by atomic mass is 10.1. The lowest BCUT2D eigenvalue weighted by molar-refractivity contribution is -0.146. The van der Waals surface area contributed by atoms with E-state index in [0.29, 0.717) is 23.8 Å². The summed E-state index contributed by atoms with van der Waals surface area (Å²) in [5, 5.41) is 2.89. The molecule has 2 aliphatic rings. The summed E-state index contributed by atoms with van der Waals surface area (Å²) >= 11 is 0. The number of imidazole rings is 1. The Kier molecular flexibility index (Phi) is 8.48. The van der Waals surface area contributed by atoms with E-state index in [1.807, 2.05) is 30.3 Å². The van der Waals surface area contributed by atoms with Crippen LogP contribution in [-0.2, 0) is 30.0 Å². The zero-order valence-electron chi connectivity index (χ0n) is 23.0. The van der Waals surface area contributed by atoms with Crippen LogP contribution in [-0.4, -0.2) is 50.8 Å². The van der Waals surface area contributed by atoms with E-state index in [0.717, 1.165) is 24.5 Å². The number of nitrogens with one attached hydrogen (secondary N) is 1. The molecule has 43 heavy (non-hydrogen) atoms. The van der Waals surface area contributed by atoms with E-state index in [1.165, 1.54) is 17.2 Å². The zero-order valence-corrected chi connectivity index (χ0v) is 23.9. The molecule has 6 rings (SSSR count). The van der Waals surface area contributed by atoms with Gasteiger partial charge in [0.15, 0.2) is 36.2 Å². The van der Waals surface area contributed by atoms with Crippen LogP contribution in [0, 0.1) is 5.92 Å². The third kappa shape index (κ3) is 7.08. The van der Waals surface area contributed by atoms with E-state index < -0.39 is 44.2 Å². The smallest absolute Gasteiger partial charge is 0.342 e. The Morgan fingerprint density at radius 1 is 1.12 bits per heavy atom. The fraction of sp³-hybridized carbons (Fsp3) is 0.310. The van der Waals surface area contributed by atoms with Gasteiger partial charge in [-0.25, -0.2) is 24.4 Å². The minimum Gasteiger partial charge on any atom is -0.464 e. The minimum absolute atomic E-state index is 0.143. The molecule has 2 aromatic heterocycles. The maximum atomic E-state index is 15.1. The molecule has 2 aromatic carbocycles. The number of fused-ring (bicyclic) bond motifs is 1. The maximum Gasteiger partial charge on any atom is 0.342 e. The first kappa shape index (κ1) is 28.9. The summed E-state index contributed by atoms with van der Waals surface area (Å²) in [6.07, 6.45) is 2.88. The van der Waals surface area contributed by atoms with Crippen LogP contribution in [0.4, 0.5) is 10.2 Å². The second kappa shape index (κ2) is 12.6. The van der Waals surface area contributed by atoms with Gasteiger partial charge < -0.3 is 24.5 Å². The van der Waals surface area contributed by atoms with Crippen LogP contribution in [0.15, 0.2) is 85.2 Å². The molecular formula is C29H30FN6O6P. The van der Waals surface area contributed by atoms with Gasteiger partial charge >= 0.3 is 13.5 Å². The van der Waals surface area contributed by atoms with E-state index in [2.05, 4.69) is 20.0 Å². The first-order valence-corrected chi connectivity index (χ1v) is 15.6. The normalized spacial score (nSPS) is 20.3. The number of carbonyl (C=O) groups is 1. The van der Waals surface area contributed by atoms with Crippen molar-refractivity contribution in [1.82, 2.24) is 24.6 Å². The summed E-state index contributed by atoms with van der Waals surface area (Å²) in [6, 6.07) is 16.8. The van der Waals surface area contributed by atoms with Crippen molar-refractivity contribution >= 4 is 30.5 Å². The van der Waals surface area contributed by atoms with Crippen LogP contribution in [0.1, 0.15) is 24.6 Å². The molecule has 0 amide bonds. The number of carbonyl (C=O) groups excluding carboxylic acids is 1. The Morgan fingerprint density at radius 2 is 1.86 bits per heavy atom. The van der Waals surface area contributed by atoms with Gasteiger partial charge in [-0.05, 0) is 42.9 Å². The van der Waals surface area contributed by atoms with Crippen LogP contribution in [0.5, 0.6) is 5.75 Å². The largest absolute Gasteiger partial charge is 0.464 e. The van der Waals surface area contributed by atoms with Crippen molar-refractivity contribution in [3.8, 4) is 5.75 Å². The molecule has 1 aliphatic carbocycles. The molecule has 1 unspecified atom stereocenters. The molecule has 0 bridgehead atoms. The molecule has 4 aromatic rings. The average molecular weight is 609 g/mol. The molecule has 1 fully saturated rings. The maximum absolute atomic E-state index is 15.1. The van der Waals surface area contributed by atoms with Gasteiger partial charge in [0.25, 0.3) is 0 Å². The van der Waals surface area contributed by atoms with Crippen molar-refractivity contribution in [1.29, 1.82) is 0 Å². The average Bonchev–Trinajstić information content (AvgIpc) is 3.62. The molecule has 1 aliphatic heterocycles. The molecule has 224 valence electrons. The van der Waals surface area contributed by atoms with Gasteiger partial charge in [-0.15, -0.1) is 0 Å². The summed E-state index contributed by atoms with van der Waals surface area (Å²) < 4.78 is 53.8. The number of halogens is 1. The Hall–Kier alpha value is -4.16. The number of ether oxygens (including phenoxy) is 3. The Labute approximate surface area is 246 Å². The van der Waals surface area contributed by atoms with Gasteiger partial charge in [0.1, 0.15) is 23.6 Å². The molecule has 4 atom stereocenters. The number of hydrogen-bond acceptors (Lipinski definition) is 10. The highest BCUT2D eigenvalue weighted by molar-refractivity contribution is 7.57. The number of rotatable bonds is 13. The second-order valence-electron chi connectivity index (χ2n) is 10.3. The van der Waals surface area contributed by atoms with Gasteiger partial charge in [-0.1, -0.05) is 48.5 Å². The van der Waals surface area contributed by atoms with Crippen LogP contribution in [0.3, 0.4) is 0 Å². The topological polar surface area (TPSA) is 153 Å². The molecule has 0 saturated heterocycles. The number of anilines is 1. The highest BCUT2D eigenvalue weighted by Gasteiger charge is 2.37. The lowest BCUT2D eigenvalue weighted by Crippen LogP contribution is -2.40. The van der Waals surface area contributed by atoms with Gasteiger partial charge in [-0.2, -0.15) is 0 Å². The number of esters is 1. The highest BCUT2D eigenvalue weighted by Crippen LogP contribution is 2.45. The molecule has 1 saturated carbocycles. The Bertz CT molecular complexity index is 1650. The highest BCUT2D eigenvalue weighted by atomic mass is 31.2. The third-order valence-corrected chi connectivity index (χ3v) is 8.62. The Balaban J connectivity index is 1.20. The van der Waals surface area contributed by atoms with Crippen molar-refractivity contribution < 1.29 is 32.5 Å². The van der Waals surface area contributed by atoms with Crippen molar-refractivity contribution in [2.24, 2.45) is 5.92 Å². The van der Waals surface area contributed by atoms with Gasteiger partial charge in [0.2, 0.25) is 0 Å². The predicted molar refractivity (Wildman–Crippen MR) is 154 cm³/mol. The molecule has 0 spiro atoms. The van der Waals surface area contributed by atoms with E-state index in [4.69, 9.17) is 24.5 Å². The third-order valence-electron chi connectivity index (χ3n) is 6.92. The van der Waals surface area contributed by atoms with E-state index in [1.54, 1.807) is 30.3 Å².